The first-order valence-electron chi connectivity index (χ1n) is 12.1. The molecule has 9 nitrogen and oxygen atoms in total. The van der Waals surface area contributed by atoms with Crippen molar-refractivity contribution in [3.63, 3.8) is 0 Å². The van der Waals surface area contributed by atoms with Crippen molar-refractivity contribution in [1.29, 1.82) is 0 Å². The van der Waals surface area contributed by atoms with Crippen LogP contribution in [0.4, 0.5) is 11.4 Å². The smallest absolute Gasteiger partial charge is 0.244 e. The van der Waals surface area contributed by atoms with Crippen LogP contribution in [-0.2, 0) is 0 Å². The number of rotatable bonds is 8. The Bertz CT molecular complexity index is 1210. The van der Waals surface area contributed by atoms with E-state index in [9.17, 15) is 0 Å². The van der Waals surface area contributed by atoms with Gasteiger partial charge in [-0.1, -0.05) is 35.4 Å². The zero-order chi connectivity index (χ0) is 23.0. The second-order valence-electron chi connectivity index (χ2n) is 9.71. The highest BCUT2D eigenvalue weighted by Crippen LogP contribution is 2.84. The molecule has 12 heteroatoms. The van der Waals surface area contributed by atoms with E-state index in [0.717, 1.165) is 63.7 Å². The fourth-order valence-corrected chi connectivity index (χ4v) is 18.3. The molecule has 5 heterocycles. The van der Waals surface area contributed by atoms with Crippen LogP contribution in [0.1, 0.15) is 11.1 Å². The van der Waals surface area contributed by atoms with Gasteiger partial charge in [0.1, 0.15) is 0 Å². The molecule has 0 bridgehead atoms. The molecule has 34 heavy (non-hydrogen) atoms. The number of nitrogens with one attached hydrogen (secondary N) is 2. The Kier molecular flexibility index (Phi) is 4.99. The van der Waals surface area contributed by atoms with Gasteiger partial charge in [0.25, 0.3) is 0 Å². The molecule has 2 N–H and O–H groups in total. The van der Waals surface area contributed by atoms with Crippen molar-refractivity contribution in [3.8, 4) is 0 Å². The zero-order valence-electron chi connectivity index (χ0n) is 19.7. The van der Waals surface area contributed by atoms with Crippen molar-refractivity contribution in [1.82, 2.24) is 18.7 Å². The van der Waals surface area contributed by atoms with Gasteiger partial charge in [-0.25, -0.2) is 18.7 Å². The maximum absolute atomic E-state index is 5.73. The maximum Gasteiger partial charge on any atom is 0.244 e. The summed E-state index contributed by atoms with van der Waals surface area (Å²) < 4.78 is 27.2. The average Bonchev–Trinajstić information content (AvgIpc) is 3.68. The predicted molar refractivity (Wildman–Crippen MR) is 144 cm³/mol. The van der Waals surface area contributed by atoms with Crippen LogP contribution in [0.2, 0.25) is 0 Å². The highest BCUT2D eigenvalue weighted by molar-refractivity contribution is 7.85. The molecule has 0 spiro atoms. The first kappa shape index (κ1) is 21.8. The van der Waals surface area contributed by atoms with Gasteiger partial charge in [-0.2, -0.15) is 13.5 Å². The molecule has 2 unspecified atom stereocenters. The third kappa shape index (κ3) is 3.92. The van der Waals surface area contributed by atoms with E-state index in [4.69, 9.17) is 13.5 Å². The summed E-state index contributed by atoms with van der Waals surface area (Å²) in [5.74, 6) is 0. The van der Waals surface area contributed by atoms with Crippen LogP contribution in [0.25, 0.3) is 0 Å². The van der Waals surface area contributed by atoms with Crippen molar-refractivity contribution >= 4 is 33.9 Å². The summed E-state index contributed by atoms with van der Waals surface area (Å²) in [6.45, 7) is 12.8. The minimum absolute atomic E-state index is 1.05. The van der Waals surface area contributed by atoms with E-state index >= 15 is 0 Å². The number of benzene rings is 2. The normalized spacial score (nSPS) is 32.2. The quantitative estimate of drug-likeness (QED) is 0.335. The van der Waals surface area contributed by atoms with Gasteiger partial charge in [-0.05, 0) is 38.1 Å². The number of hydrogen-bond donors (Lipinski definition) is 2. The molecule has 2 aromatic carbocycles. The van der Waals surface area contributed by atoms with Crippen LogP contribution >= 0.6 is 22.5 Å². The van der Waals surface area contributed by atoms with Crippen molar-refractivity contribution in [3.05, 3.63) is 59.7 Å². The van der Waals surface area contributed by atoms with Gasteiger partial charge in [0.2, 0.25) is 22.5 Å². The molecule has 5 aliphatic rings. The van der Waals surface area contributed by atoms with E-state index in [1.807, 2.05) is 0 Å². The summed E-state index contributed by atoms with van der Waals surface area (Å²) in [5, 5.41) is 7.83. The fraction of sp³-hybridized carbons (Fsp3) is 0.455. The Labute approximate surface area is 202 Å². The highest BCUT2D eigenvalue weighted by Gasteiger charge is 2.55. The Hall–Kier alpha value is -1.43. The van der Waals surface area contributed by atoms with Crippen molar-refractivity contribution in [2.45, 2.75) is 13.8 Å². The monoisotopic (exact) mass is 515 g/mol. The Balaban J connectivity index is 1.44. The van der Waals surface area contributed by atoms with Crippen molar-refractivity contribution < 1.29 is 0 Å². The Morgan fingerprint density at radius 2 is 0.912 bits per heavy atom. The molecule has 0 aliphatic carbocycles. The summed E-state index contributed by atoms with van der Waals surface area (Å²) in [6.07, 6.45) is 0. The fourth-order valence-electron chi connectivity index (χ4n) is 4.30. The topological polar surface area (TPSA) is 73.2 Å². The summed E-state index contributed by atoms with van der Waals surface area (Å²) in [7, 11) is -6.90. The molecule has 4 saturated heterocycles. The van der Waals surface area contributed by atoms with E-state index < -0.39 is 22.5 Å². The van der Waals surface area contributed by atoms with E-state index in [2.05, 4.69) is 91.2 Å². The van der Waals surface area contributed by atoms with Crippen LogP contribution < -0.4 is 10.2 Å². The molecule has 2 aromatic rings. The second kappa shape index (κ2) is 7.78. The SMILES string of the molecule is Cc1ccc(NP2(N3CC3)=NP(Nc3ccc(C)cc3)(N3CC3)=NP(N3CC3)(N3CC3)=N2)cc1. The van der Waals surface area contributed by atoms with E-state index in [1.54, 1.807) is 0 Å². The molecule has 4 fully saturated rings. The van der Waals surface area contributed by atoms with Gasteiger partial charge in [0, 0.05) is 63.7 Å². The number of aryl methyl sites for hydroxylation is 2. The van der Waals surface area contributed by atoms with E-state index in [1.165, 1.54) is 11.1 Å². The van der Waals surface area contributed by atoms with Gasteiger partial charge in [0.15, 0.2) is 0 Å². The minimum Gasteiger partial charge on any atom is -0.323 e. The first-order chi connectivity index (χ1) is 16.5. The summed E-state index contributed by atoms with van der Waals surface area (Å²) in [4.78, 5) is 0. The van der Waals surface area contributed by atoms with Crippen molar-refractivity contribution in [2.24, 2.45) is 13.5 Å². The number of anilines is 2. The zero-order valence-corrected chi connectivity index (χ0v) is 22.4. The maximum atomic E-state index is 5.73. The standard InChI is InChI=1S/C22H32N9P3/c1-19-3-7-21(8-4-19)23-32(28-11-12-28)25-33(29-13-14-29,24-22-9-5-20(2)6-10-22)27-34(26-32,30-15-16-30)31-17-18-31/h3-10,23-24H,11-18H2,1-2H3. The highest BCUT2D eigenvalue weighted by atomic mass is 31.3. The third-order valence-electron chi connectivity index (χ3n) is 6.64. The van der Waals surface area contributed by atoms with Gasteiger partial charge in [-0.3, -0.25) is 0 Å². The lowest BCUT2D eigenvalue weighted by atomic mass is 10.2. The molecule has 0 aromatic heterocycles. The Morgan fingerprint density at radius 1 is 0.529 bits per heavy atom. The third-order valence-corrected chi connectivity index (χ3v) is 18.4. The van der Waals surface area contributed by atoms with Crippen LogP contribution in [0.3, 0.4) is 0 Å². The van der Waals surface area contributed by atoms with Gasteiger partial charge >= 0.3 is 0 Å². The molecule has 0 saturated carbocycles. The van der Waals surface area contributed by atoms with Gasteiger partial charge in [0.05, 0.1) is 0 Å². The van der Waals surface area contributed by atoms with E-state index in [0.29, 0.717) is 0 Å². The largest absolute Gasteiger partial charge is 0.323 e. The molecule has 7 rings (SSSR count). The lowest BCUT2D eigenvalue weighted by Gasteiger charge is -2.38. The lowest BCUT2D eigenvalue weighted by molar-refractivity contribution is 0.772. The van der Waals surface area contributed by atoms with Crippen LogP contribution in [0.15, 0.2) is 62.1 Å². The molecule has 180 valence electrons. The van der Waals surface area contributed by atoms with Crippen LogP contribution in [-0.4, -0.2) is 71.0 Å². The van der Waals surface area contributed by atoms with Crippen molar-refractivity contribution in [2.75, 3.05) is 62.5 Å². The average molecular weight is 515 g/mol. The predicted octanol–water partition coefficient (Wildman–Crippen LogP) is 5.94. The molecular weight excluding hydrogens is 483 g/mol. The number of nitrogens with zero attached hydrogens (tertiary/aromatic N) is 7. The summed E-state index contributed by atoms with van der Waals surface area (Å²) in [6, 6.07) is 17.4. The molecule has 0 amide bonds. The van der Waals surface area contributed by atoms with E-state index in [-0.39, 0.29) is 0 Å². The molecule has 2 atom stereocenters. The Morgan fingerprint density at radius 3 is 1.29 bits per heavy atom. The summed E-state index contributed by atoms with van der Waals surface area (Å²) >= 11 is 0. The second-order valence-corrected chi connectivity index (χ2v) is 17.9. The number of hydrogen-bond acceptors (Lipinski definition) is 9. The first-order valence-corrected chi connectivity index (χ1v) is 17.0. The molecule has 5 aliphatic heterocycles. The van der Waals surface area contributed by atoms with Crippen LogP contribution in [0, 0.1) is 13.8 Å². The minimum atomic E-state index is -2.37. The van der Waals surface area contributed by atoms with Crippen LogP contribution in [0.5, 0.6) is 0 Å². The lowest BCUT2D eigenvalue weighted by Crippen LogP contribution is -2.15. The molecular formula is C22H32N9P3. The van der Waals surface area contributed by atoms with Gasteiger partial charge < -0.3 is 10.2 Å². The summed E-state index contributed by atoms with van der Waals surface area (Å²) in [5.41, 5.74) is 4.74. The molecule has 0 radical (unpaired) electrons. The van der Waals surface area contributed by atoms with Gasteiger partial charge in [-0.15, -0.1) is 0 Å².